The van der Waals surface area contributed by atoms with Gasteiger partial charge in [0.25, 0.3) is 0 Å². The first-order chi connectivity index (χ1) is 3.84. The number of hydrogen-bond donors (Lipinski definition) is 0. The smallest absolute Gasteiger partial charge is 0.104 e. The summed E-state index contributed by atoms with van der Waals surface area (Å²) in [6.07, 6.45) is 3.22. The lowest BCUT2D eigenvalue weighted by atomic mass is 10.3. The molecule has 0 spiro atoms. The largest absolute Gasteiger partial charge is 0.150 e. The third kappa shape index (κ3) is 1.08. The Morgan fingerprint density at radius 2 is 2.25 bits per heavy atom. The molecule has 0 radical (unpaired) electrons. The molecule has 0 aliphatic heterocycles. The molecular formula is C5H8BrNO. The van der Waals surface area contributed by atoms with E-state index in [0.717, 1.165) is 19.3 Å². The number of alkyl halides is 1. The molecule has 2 unspecified atom stereocenters. The normalized spacial score (nSPS) is 37.6. The molecule has 0 bridgehead atoms. The zero-order valence-corrected chi connectivity index (χ0v) is 6.10. The van der Waals surface area contributed by atoms with Gasteiger partial charge in [0, 0.05) is 4.83 Å². The van der Waals surface area contributed by atoms with E-state index in [4.69, 9.17) is 0 Å². The van der Waals surface area contributed by atoms with Crippen LogP contribution in [0.1, 0.15) is 19.3 Å². The summed E-state index contributed by atoms with van der Waals surface area (Å²) >= 11 is 3.37. The van der Waals surface area contributed by atoms with Crippen molar-refractivity contribution in [2.45, 2.75) is 30.1 Å². The van der Waals surface area contributed by atoms with Crippen LogP contribution >= 0.6 is 15.9 Å². The van der Waals surface area contributed by atoms with Crippen LogP contribution in [0.3, 0.4) is 0 Å². The second-order valence-electron chi connectivity index (χ2n) is 2.12. The quantitative estimate of drug-likeness (QED) is 0.446. The molecule has 1 fully saturated rings. The zero-order valence-electron chi connectivity index (χ0n) is 4.51. The van der Waals surface area contributed by atoms with Crippen molar-refractivity contribution in [2.24, 2.45) is 5.18 Å². The first-order valence-corrected chi connectivity index (χ1v) is 3.72. The van der Waals surface area contributed by atoms with E-state index in [1.54, 1.807) is 0 Å². The van der Waals surface area contributed by atoms with E-state index in [9.17, 15) is 4.91 Å². The predicted molar refractivity (Wildman–Crippen MR) is 36.1 cm³/mol. The van der Waals surface area contributed by atoms with Crippen LogP contribution in [0, 0.1) is 4.91 Å². The highest BCUT2D eigenvalue weighted by atomic mass is 79.9. The van der Waals surface area contributed by atoms with Gasteiger partial charge >= 0.3 is 0 Å². The minimum absolute atomic E-state index is 0.0509. The molecule has 0 saturated heterocycles. The van der Waals surface area contributed by atoms with Crippen LogP contribution in [0.2, 0.25) is 0 Å². The Labute approximate surface area is 56.8 Å². The van der Waals surface area contributed by atoms with E-state index < -0.39 is 0 Å². The fourth-order valence-corrected chi connectivity index (χ4v) is 1.70. The molecule has 1 aliphatic rings. The summed E-state index contributed by atoms with van der Waals surface area (Å²) in [5, 5.41) is 2.97. The highest BCUT2D eigenvalue weighted by Crippen LogP contribution is 2.27. The molecule has 0 aromatic heterocycles. The van der Waals surface area contributed by atoms with Gasteiger partial charge in [-0.1, -0.05) is 21.1 Å². The molecule has 0 aromatic rings. The Hall–Kier alpha value is 0.0800. The van der Waals surface area contributed by atoms with Gasteiger partial charge in [-0.3, -0.25) is 0 Å². The maximum Gasteiger partial charge on any atom is 0.104 e. The van der Waals surface area contributed by atoms with Gasteiger partial charge in [-0.25, -0.2) is 0 Å². The van der Waals surface area contributed by atoms with E-state index in [-0.39, 0.29) is 6.04 Å². The first-order valence-electron chi connectivity index (χ1n) is 2.81. The molecule has 0 heterocycles. The fraction of sp³-hybridized carbons (Fsp3) is 1.00. The Morgan fingerprint density at radius 1 is 1.50 bits per heavy atom. The summed E-state index contributed by atoms with van der Waals surface area (Å²) in [6.45, 7) is 0. The maximum atomic E-state index is 9.94. The van der Waals surface area contributed by atoms with Gasteiger partial charge < -0.3 is 0 Å². The number of nitrogens with zero attached hydrogens (tertiary/aromatic N) is 1. The lowest BCUT2D eigenvalue weighted by molar-refractivity contribution is 0.719. The summed E-state index contributed by atoms with van der Waals surface area (Å²) in [5.74, 6) is 0. The van der Waals surface area contributed by atoms with Gasteiger partial charge in [0.1, 0.15) is 6.04 Å². The van der Waals surface area contributed by atoms with E-state index >= 15 is 0 Å². The van der Waals surface area contributed by atoms with E-state index in [1.165, 1.54) is 0 Å². The molecule has 2 atom stereocenters. The minimum atomic E-state index is 0.0509. The van der Waals surface area contributed by atoms with Crippen LogP contribution in [-0.2, 0) is 0 Å². The monoisotopic (exact) mass is 177 g/mol. The van der Waals surface area contributed by atoms with Gasteiger partial charge in [0.05, 0.1) is 0 Å². The minimum Gasteiger partial charge on any atom is -0.150 e. The van der Waals surface area contributed by atoms with Crippen molar-refractivity contribution in [3.63, 3.8) is 0 Å². The summed E-state index contributed by atoms with van der Waals surface area (Å²) in [7, 11) is 0. The Morgan fingerprint density at radius 3 is 2.50 bits per heavy atom. The van der Waals surface area contributed by atoms with Crippen LogP contribution in [0.25, 0.3) is 0 Å². The summed E-state index contributed by atoms with van der Waals surface area (Å²) in [6, 6.07) is 0.0509. The van der Waals surface area contributed by atoms with Crippen molar-refractivity contribution < 1.29 is 0 Å². The molecule has 0 aromatic carbocycles. The Kier molecular flexibility index (Phi) is 2.00. The third-order valence-corrected chi connectivity index (χ3v) is 2.60. The lowest BCUT2D eigenvalue weighted by Gasteiger charge is -2.00. The average Bonchev–Trinajstić information content (AvgIpc) is 2.14. The third-order valence-electron chi connectivity index (χ3n) is 1.53. The molecule has 1 saturated carbocycles. The van der Waals surface area contributed by atoms with Crippen molar-refractivity contribution in [2.75, 3.05) is 0 Å². The van der Waals surface area contributed by atoms with E-state index in [0.29, 0.717) is 4.83 Å². The van der Waals surface area contributed by atoms with Crippen LogP contribution in [-0.4, -0.2) is 10.9 Å². The van der Waals surface area contributed by atoms with E-state index in [2.05, 4.69) is 21.1 Å². The Balaban J connectivity index is 2.41. The topological polar surface area (TPSA) is 29.4 Å². The van der Waals surface area contributed by atoms with Crippen molar-refractivity contribution >= 4 is 15.9 Å². The Bertz CT molecular complexity index is 96.4. The fourth-order valence-electron chi connectivity index (χ4n) is 1.01. The van der Waals surface area contributed by atoms with Gasteiger partial charge in [-0.2, -0.15) is 4.91 Å². The summed E-state index contributed by atoms with van der Waals surface area (Å²) in [5.41, 5.74) is 0. The van der Waals surface area contributed by atoms with Gasteiger partial charge in [0.15, 0.2) is 0 Å². The van der Waals surface area contributed by atoms with Crippen molar-refractivity contribution in [3.05, 3.63) is 4.91 Å². The molecule has 3 heteroatoms. The molecule has 8 heavy (non-hydrogen) atoms. The van der Waals surface area contributed by atoms with E-state index in [1.807, 2.05) is 0 Å². The zero-order chi connectivity index (χ0) is 5.98. The summed E-state index contributed by atoms with van der Waals surface area (Å²) in [4.78, 5) is 10.3. The molecule has 2 nitrogen and oxygen atoms in total. The van der Waals surface area contributed by atoms with Gasteiger partial charge in [-0.05, 0) is 19.3 Å². The van der Waals surface area contributed by atoms with Gasteiger partial charge in [-0.15, -0.1) is 0 Å². The predicted octanol–water partition coefficient (Wildman–Crippen LogP) is 2.07. The number of nitroso groups, excluding NO2 is 1. The van der Waals surface area contributed by atoms with Gasteiger partial charge in [0.2, 0.25) is 0 Å². The van der Waals surface area contributed by atoms with Crippen LogP contribution < -0.4 is 0 Å². The molecule has 0 N–H and O–H groups in total. The average molecular weight is 178 g/mol. The summed E-state index contributed by atoms with van der Waals surface area (Å²) < 4.78 is 0. The first kappa shape index (κ1) is 6.20. The van der Waals surface area contributed by atoms with Crippen molar-refractivity contribution in [3.8, 4) is 0 Å². The molecule has 46 valence electrons. The molecule has 1 rings (SSSR count). The lowest BCUT2D eigenvalue weighted by Crippen LogP contribution is -2.08. The number of hydrogen-bond acceptors (Lipinski definition) is 2. The van der Waals surface area contributed by atoms with Crippen LogP contribution in [0.4, 0.5) is 0 Å². The van der Waals surface area contributed by atoms with Crippen molar-refractivity contribution in [1.29, 1.82) is 0 Å². The molecular weight excluding hydrogens is 170 g/mol. The standard InChI is InChI=1S/C5H8BrNO/c6-4-2-1-3-5(4)7-8/h4-5H,1-3H2. The van der Waals surface area contributed by atoms with Crippen LogP contribution in [0.5, 0.6) is 0 Å². The molecule has 1 aliphatic carbocycles. The SMILES string of the molecule is O=NC1CCCC1Br. The number of halogens is 1. The molecule has 0 amide bonds. The van der Waals surface area contributed by atoms with Crippen molar-refractivity contribution in [1.82, 2.24) is 0 Å². The number of rotatable bonds is 1. The highest BCUT2D eigenvalue weighted by molar-refractivity contribution is 9.09. The second-order valence-corrected chi connectivity index (χ2v) is 3.30. The maximum absolute atomic E-state index is 9.94. The van der Waals surface area contributed by atoms with Crippen LogP contribution in [0.15, 0.2) is 5.18 Å². The second kappa shape index (κ2) is 2.58. The highest BCUT2D eigenvalue weighted by Gasteiger charge is 2.24.